The lowest BCUT2D eigenvalue weighted by Crippen LogP contribution is -2.49. The fourth-order valence-electron chi connectivity index (χ4n) is 4.31. The quantitative estimate of drug-likeness (QED) is 0.648. The van der Waals surface area contributed by atoms with Crippen molar-refractivity contribution in [3.05, 3.63) is 64.7 Å². The number of ketones is 2. The van der Waals surface area contributed by atoms with Gasteiger partial charge in [-0.25, -0.2) is 8.42 Å². The van der Waals surface area contributed by atoms with E-state index in [1.54, 1.807) is 24.3 Å². The van der Waals surface area contributed by atoms with Crippen LogP contribution >= 0.6 is 11.6 Å². The highest BCUT2D eigenvalue weighted by Crippen LogP contribution is 2.31. The predicted molar refractivity (Wildman–Crippen MR) is 119 cm³/mol. The zero-order valence-corrected chi connectivity index (χ0v) is 18.9. The molecule has 7 nitrogen and oxygen atoms in total. The molecule has 0 radical (unpaired) electrons. The van der Waals surface area contributed by atoms with Crippen LogP contribution in [0.3, 0.4) is 0 Å². The molecular formula is C23H23ClN2O5S. The van der Waals surface area contributed by atoms with Gasteiger partial charge in [-0.1, -0.05) is 35.9 Å². The first kappa shape index (κ1) is 22.6. The lowest BCUT2D eigenvalue weighted by atomic mass is 9.99. The van der Waals surface area contributed by atoms with E-state index in [0.29, 0.717) is 35.5 Å². The molecule has 1 unspecified atom stereocenters. The van der Waals surface area contributed by atoms with E-state index in [1.807, 2.05) is 0 Å². The van der Waals surface area contributed by atoms with Crippen LogP contribution in [0, 0.1) is 5.92 Å². The molecule has 1 saturated heterocycles. The second kappa shape index (κ2) is 9.13. The Morgan fingerprint density at radius 2 is 1.56 bits per heavy atom. The lowest BCUT2D eigenvalue weighted by Gasteiger charge is -2.29. The maximum Gasteiger partial charge on any atom is 0.243 e. The molecule has 2 aromatic rings. The number of hydrogen-bond acceptors (Lipinski definition) is 5. The number of rotatable bonds is 6. The van der Waals surface area contributed by atoms with Crippen LogP contribution in [-0.2, 0) is 14.8 Å². The van der Waals surface area contributed by atoms with Gasteiger partial charge in [0.2, 0.25) is 15.9 Å². The normalized spacial score (nSPS) is 19.7. The lowest BCUT2D eigenvalue weighted by molar-refractivity contribution is -0.124. The van der Waals surface area contributed by atoms with E-state index >= 15 is 0 Å². The van der Waals surface area contributed by atoms with Gasteiger partial charge in [-0.3, -0.25) is 14.4 Å². The van der Waals surface area contributed by atoms with Crippen LogP contribution in [0.5, 0.6) is 0 Å². The molecule has 168 valence electrons. The smallest absolute Gasteiger partial charge is 0.243 e. The maximum atomic E-state index is 13.5. The molecule has 1 aliphatic carbocycles. The van der Waals surface area contributed by atoms with Gasteiger partial charge in [0, 0.05) is 29.2 Å². The predicted octanol–water partition coefficient (Wildman–Crippen LogP) is 3.08. The number of halogens is 1. The van der Waals surface area contributed by atoms with Crippen LogP contribution in [0.4, 0.5) is 0 Å². The van der Waals surface area contributed by atoms with Crippen molar-refractivity contribution in [3.8, 4) is 0 Å². The fourth-order valence-corrected chi connectivity index (χ4v) is 6.07. The first-order chi connectivity index (χ1) is 15.3. The van der Waals surface area contributed by atoms with Crippen LogP contribution in [0.15, 0.2) is 53.4 Å². The highest BCUT2D eigenvalue weighted by Gasteiger charge is 2.41. The Bertz CT molecular complexity index is 1130. The molecule has 1 N–H and O–H groups in total. The third-order valence-electron chi connectivity index (χ3n) is 6.00. The van der Waals surface area contributed by atoms with E-state index in [2.05, 4.69) is 5.32 Å². The molecule has 1 heterocycles. The number of Topliss-reactive ketones (excluding diaryl/α,β-unsaturated/α-hetero) is 2. The van der Waals surface area contributed by atoms with Crippen molar-refractivity contribution in [1.29, 1.82) is 0 Å². The second-order valence-electron chi connectivity index (χ2n) is 7.99. The van der Waals surface area contributed by atoms with Crippen molar-refractivity contribution in [3.63, 3.8) is 0 Å². The largest absolute Gasteiger partial charge is 0.355 e. The van der Waals surface area contributed by atoms with Crippen LogP contribution in [0.1, 0.15) is 46.4 Å². The molecule has 0 bridgehead atoms. The maximum absolute atomic E-state index is 13.5. The molecule has 0 spiro atoms. The van der Waals surface area contributed by atoms with Crippen molar-refractivity contribution in [2.75, 3.05) is 13.1 Å². The summed E-state index contributed by atoms with van der Waals surface area (Å²) in [6, 6.07) is 11.4. The number of hydrogen-bond donors (Lipinski definition) is 1. The van der Waals surface area contributed by atoms with Gasteiger partial charge in [-0.15, -0.1) is 0 Å². The number of amides is 1. The molecule has 2 aliphatic rings. The van der Waals surface area contributed by atoms with Gasteiger partial charge in [0.05, 0.1) is 10.8 Å². The van der Waals surface area contributed by atoms with Gasteiger partial charge in [0.25, 0.3) is 0 Å². The molecule has 0 saturated carbocycles. The van der Waals surface area contributed by atoms with Gasteiger partial charge in [-0.05, 0) is 49.9 Å². The van der Waals surface area contributed by atoms with Gasteiger partial charge >= 0.3 is 0 Å². The molecule has 2 aromatic carbocycles. The van der Waals surface area contributed by atoms with Gasteiger partial charge in [0.15, 0.2) is 11.6 Å². The summed E-state index contributed by atoms with van der Waals surface area (Å²) in [7, 11) is -4.07. The second-order valence-corrected chi connectivity index (χ2v) is 10.3. The summed E-state index contributed by atoms with van der Waals surface area (Å²) >= 11 is 5.91. The van der Waals surface area contributed by atoms with Crippen LogP contribution in [0.2, 0.25) is 5.02 Å². The minimum absolute atomic E-state index is 0.00292. The van der Waals surface area contributed by atoms with E-state index in [1.165, 1.54) is 24.3 Å². The molecule has 1 aliphatic heterocycles. The number of sulfonamides is 1. The first-order valence-corrected chi connectivity index (χ1v) is 12.3. The fraction of sp³-hybridized carbons (Fsp3) is 0.348. The molecule has 1 fully saturated rings. The molecule has 9 heteroatoms. The van der Waals surface area contributed by atoms with Crippen molar-refractivity contribution < 1.29 is 22.8 Å². The minimum Gasteiger partial charge on any atom is -0.355 e. The van der Waals surface area contributed by atoms with Crippen molar-refractivity contribution in [1.82, 2.24) is 9.62 Å². The third kappa shape index (κ3) is 4.22. The summed E-state index contributed by atoms with van der Waals surface area (Å²) in [6.07, 6.45) is 1.81. The molecular weight excluding hydrogens is 452 g/mol. The Morgan fingerprint density at radius 1 is 0.938 bits per heavy atom. The van der Waals surface area contributed by atoms with E-state index in [-0.39, 0.29) is 35.3 Å². The Morgan fingerprint density at radius 3 is 2.19 bits per heavy atom. The molecule has 1 amide bonds. The molecule has 0 aromatic heterocycles. The number of benzene rings is 2. The van der Waals surface area contributed by atoms with E-state index in [4.69, 9.17) is 11.6 Å². The summed E-state index contributed by atoms with van der Waals surface area (Å²) in [5.41, 5.74) is 0.726. The van der Waals surface area contributed by atoms with Crippen molar-refractivity contribution in [2.45, 2.75) is 36.6 Å². The SMILES string of the molecule is O=C1c2ccccc2C(=O)C1CCN(C1CCCCNC1=O)S(=O)(=O)c1ccc(Cl)cc1. The minimum atomic E-state index is -4.07. The van der Waals surface area contributed by atoms with Crippen molar-refractivity contribution >= 4 is 39.1 Å². The van der Waals surface area contributed by atoms with Crippen LogP contribution in [0.25, 0.3) is 0 Å². The summed E-state index contributed by atoms with van der Waals surface area (Å²) in [4.78, 5) is 38.3. The summed E-state index contributed by atoms with van der Waals surface area (Å²) < 4.78 is 28.2. The van der Waals surface area contributed by atoms with Crippen LogP contribution < -0.4 is 5.32 Å². The third-order valence-corrected chi connectivity index (χ3v) is 8.18. The Hall–Kier alpha value is -2.55. The average molecular weight is 475 g/mol. The van der Waals surface area contributed by atoms with Gasteiger partial charge in [0.1, 0.15) is 6.04 Å². The van der Waals surface area contributed by atoms with Gasteiger partial charge < -0.3 is 5.32 Å². The van der Waals surface area contributed by atoms with Gasteiger partial charge in [-0.2, -0.15) is 4.31 Å². The zero-order chi connectivity index (χ0) is 22.9. The average Bonchev–Trinajstić information content (AvgIpc) is 2.90. The summed E-state index contributed by atoms with van der Waals surface area (Å²) in [5, 5.41) is 3.16. The standard InChI is InChI=1S/C23H23ClN2O5S/c24-15-8-10-16(11-9-15)32(30,31)26(20-7-3-4-13-25-23(20)29)14-12-19-21(27)17-5-1-2-6-18(17)22(19)28/h1-2,5-6,8-11,19-20H,3-4,7,12-14H2,(H,25,29). The highest BCUT2D eigenvalue weighted by atomic mass is 35.5. The van der Waals surface area contributed by atoms with Crippen molar-refractivity contribution in [2.24, 2.45) is 5.92 Å². The monoisotopic (exact) mass is 474 g/mol. The van der Waals surface area contributed by atoms with E-state index in [0.717, 1.165) is 10.7 Å². The number of fused-ring (bicyclic) bond motifs is 1. The van der Waals surface area contributed by atoms with Crippen LogP contribution in [-0.4, -0.2) is 49.3 Å². The molecule has 4 rings (SSSR count). The van der Waals surface area contributed by atoms with E-state index < -0.39 is 22.0 Å². The Balaban J connectivity index is 1.64. The highest BCUT2D eigenvalue weighted by molar-refractivity contribution is 7.89. The van der Waals surface area contributed by atoms with E-state index in [9.17, 15) is 22.8 Å². The zero-order valence-electron chi connectivity index (χ0n) is 17.3. The number of nitrogens with zero attached hydrogens (tertiary/aromatic N) is 1. The molecule has 1 atom stereocenters. The Kier molecular flexibility index (Phi) is 6.46. The topological polar surface area (TPSA) is 101 Å². The molecule has 32 heavy (non-hydrogen) atoms. The number of carbonyl (C=O) groups excluding carboxylic acids is 3. The first-order valence-electron chi connectivity index (χ1n) is 10.5. The summed E-state index contributed by atoms with van der Waals surface area (Å²) in [5.74, 6) is -1.93. The Labute approximate surface area is 191 Å². The number of carbonyl (C=O) groups is 3. The summed E-state index contributed by atoms with van der Waals surface area (Å²) in [6.45, 7) is 0.359. The number of nitrogens with one attached hydrogen (secondary N) is 1.